The molecule has 0 atom stereocenters. The van der Waals surface area contributed by atoms with Crippen LogP contribution >= 0.6 is 11.3 Å². The van der Waals surface area contributed by atoms with Crippen LogP contribution in [0, 0.1) is 5.82 Å². The highest BCUT2D eigenvalue weighted by Gasteiger charge is 2.35. The molecule has 3 nitrogen and oxygen atoms in total. The Balaban J connectivity index is 2.56. The van der Waals surface area contributed by atoms with Gasteiger partial charge >= 0.3 is 6.18 Å². The van der Waals surface area contributed by atoms with Gasteiger partial charge in [-0.1, -0.05) is 0 Å². The lowest BCUT2D eigenvalue weighted by Gasteiger charge is -2.11. The predicted molar refractivity (Wildman–Crippen MR) is 71.1 cm³/mol. The molecule has 0 radical (unpaired) electrons. The van der Waals surface area contributed by atoms with E-state index in [1.165, 1.54) is 7.11 Å². The number of aromatic nitrogens is 1. The summed E-state index contributed by atoms with van der Waals surface area (Å²) in [6.07, 6.45) is -4.66. The Kier molecular flexibility index (Phi) is 4.60. The molecule has 114 valence electrons. The fourth-order valence-corrected chi connectivity index (χ4v) is 2.83. The molecule has 0 fully saturated rings. The third-order valence-electron chi connectivity index (χ3n) is 2.76. The quantitative estimate of drug-likeness (QED) is 0.876. The molecule has 1 aromatic carbocycles. The van der Waals surface area contributed by atoms with E-state index in [2.05, 4.69) is 4.98 Å². The molecule has 0 saturated heterocycles. The molecule has 0 unspecified atom stereocenters. The highest BCUT2D eigenvalue weighted by Crippen LogP contribution is 2.39. The molecular formula is C13H12F4N2OS. The number of rotatable bonds is 4. The van der Waals surface area contributed by atoms with Gasteiger partial charge in [0.25, 0.3) is 0 Å². The largest absolute Gasteiger partial charge is 0.417 e. The number of alkyl halides is 3. The van der Waals surface area contributed by atoms with Crippen molar-refractivity contribution in [1.82, 2.24) is 4.98 Å². The molecule has 1 heterocycles. The van der Waals surface area contributed by atoms with E-state index in [1.54, 1.807) is 0 Å². The minimum Gasteiger partial charge on any atom is -0.378 e. The van der Waals surface area contributed by atoms with E-state index in [1.807, 2.05) is 0 Å². The molecule has 21 heavy (non-hydrogen) atoms. The first kappa shape index (κ1) is 15.9. The Hall–Kier alpha value is -1.51. The molecule has 0 saturated carbocycles. The summed E-state index contributed by atoms with van der Waals surface area (Å²) in [4.78, 5) is 4.78. The average molecular weight is 320 g/mol. The Morgan fingerprint density at radius 3 is 2.62 bits per heavy atom. The zero-order valence-corrected chi connectivity index (χ0v) is 11.8. The van der Waals surface area contributed by atoms with Crippen molar-refractivity contribution in [1.29, 1.82) is 0 Å². The number of hydrogen-bond acceptors (Lipinski definition) is 4. The Morgan fingerprint density at radius 2 is 2.05 bits per heavy atom. The average Bonchev–Trinajstić information content (AvgIpc) is 2.81. The summed E-state index contributed by atoms with van der Waals surface area (Å²) in [7, 11) is 1.46. The number of nitrogens with two attached hydrogens (primary N) is 1. The van der Waals surface area contributed by atoms with Crippen molar-refractivity contribution >= 4 is 11.3 Å². The van der Waals surface area contributed by atoms with Gasteiger partial charge in [-0.05, 0) is 18.2 Å². The van der Waals surface area contributed by atoms with E-state index in [9.17, 15) is 17.6 Å². The van der Waals surface area contributed by atoms with Crippen molar-refractivity contribution in [2.75, 3.05) is 7.11 Å². The third-order valence-corrected chi connectivity index (χ3v) is 3.92. The summed E-state index contributed by atoms with van der Waals surface area (Å²) in [5.41, 5.74) is 4.84. The standard InChI is InChI=1S/C13H12F4N2OS/c1-20-6-10-11(5-18)21-12(19-10)8-3-2-7(14)4-9(8)13(15,16)17/h2-4H,5-6,18H2,1H3. The molecule has 0 amide bonds. The van der Waals surface area contributed by atoms with Gasteiger partial charge in [0.2, 0.25) is 0 Å². The first-order valence-electron chi connectivity index (χ1n) is 5.91. The Morgan fingerprint density at radius 1 is 1.33 bits per heavy atom. The molecule has 0 aliphatic heterocycles. The number of benzene rings is 1. The van der Waals surface area contributed by atoms with E-state index in [4.69, 9.17) is 10.5 Å². The molecule has 0 aliphatic carbocycles. The Labute approximate surface area is 122 Å². The number of thiazole rings is 1. The first-order chi connectivity index (χ1) is 9.86. The van der Waals surface area contributed by atoms with Crippen LogP contribution in [0.4, 0.5) is 17.6 Å². The summed E-state index contributed by atoms with van der Waals surface area (Å²) in [5, 5.41) is 0.148. The van der Waals surface area contributed by atoms with Gasteiger partial charge in [-0.2, -0.15) is 13.2 Å². The lowest BCUT2D eigenvalue weighted by molar-refractivity contribution is -0.137. The summed E-state index contributed by atoms with van der Waals surface area (Å²) < 4.78 is 57.1. The second kappa shape index (κ2) is 6.08. The van der Waals surface area contributed by atoms with Gasteiger partial charge < -0.3 is 10.5 Å². The Bertz CT molecular complexity index is 640. The molecule has 0 aliphatic rings. The van der Waals surface area contributed by atoms with Crippen LogP contribution in [0.2, 0.25) is 0 Å². The maximum absolute atomic E-state index is 13.1. The van der Waals surface area contributed by atoms with Gasteiger partial charge in [-0.25, -0.2) is 9.37 Å². The summed E-state index contributed by atoms with van der Waals surface area (Å²) >= 11 is 1.05. The van der Waals surface area contributed by atoms with Crippen molar-refractivity contribution in [3.8, 4) is 10.6 Å². The first-order valence-corrected chi connectivity index (χ1v) is 6.73. The monoisotopic (exact) mass is 320 g/mol. The predicted octanol–water partition coefficient (Wildman–Crippen LogP) is 3.57. The number of ether oxygens (including phenoxy) is 1. The summed E-state index contributed by atoms with van der Waals surface area (Å²) in [6.45, 7) is 0.310. The topological polar surface area (TPSA) is 48.1 Å². The van der Waals surface area contributed by atoms with Crippen LogP contribution in [0.15, 0.2) is 18.2 Å². The maximum Gasteiger partial charge on any atom is 0.417 e. The molecular weight excluding hydrogens is 308 g/mol. The third kappa shape index (κ3) is 3.39. The number of methoxy groups -OCH3 is 1. The van der Waals surface area contributed by atoms with Crippen molar-refractivity contribution in [2.45, 2.75) is 19.3 Å². The van der Waals surface area contributed by atoms with E-state index in [-0.39, 0.29) is 23.7 Å². The van der Waals surface area contributed by atoms with Gasteiger partial charge in [0.15, 0.2) is 0 Å². The highest BCUT2D eigenvalue weighted by atomic mass is 32.1. The van der Waals surface area contributed by atoms with E-state index >= 15 is 0 Å². The van der Waals surface area contributed by atoms with Crippen LogP contribution in [-0.4, -0.2) is 12.1 Å². The van der Waals surface area contributed by atoms with Crippen molar-refractivity contribution in [2.24, 2.45) is 5.73 Å². The van der Waals surface area contributed by atoms with Gasteiger partial charge in [0.05, 0.1) is 17.9 Å². The van der Waals surface area contributed by atoms with E-state index < -0.39 is 17.6 Å². The van der Waals surface area contributed by atoms with Gasteiger partial charge in [-0.3, -0.25) is 0 Å². The summed E-state index contributed by atoms with van der Waals surface area (Å²) in [5.74, 6) is -0.946. The lowest BCUT2D eigenvalue weighted by atomic mass is 10.1. The van der Waals surface area contributed by atoms with Crippen molar-refractivity contribution in [3.63, 3.8) is 0 Å². The highest BCUT2D eigenvalue weighted by molar-refractivity contribution is 7.15. The van der Waals surface area contributed by atoms with Crippen LogP contribution in [0.25, 0.3) is 10.6 Å². The fraction of sp³-hybridized carbons (Fsp3) is 0.308. The molecule has 0 bridgehead atoms. The maximum atomic E-state index is 13.1. The van der Waals surface area contributed by atoms with Gasteiger partial charge in [-0.15, -0.1) is 11.3 Å². The minimum atomic E-state index is -4.66. The van der Waals surface area contributed by atoms with Crippen LogP contribution in [0.1, 0.15) is 16.1 Å². The zero-order valence-electron chi connectivity index (χ0n) is 11.0. The number of halogens is 4. The van der Waals surface area contributed by atoms with Crippen molar-refractivity contribution < 1.29 is 22.3 Å². The zero-order chi connectivity index (χ0) is 15.6. The van der Waals surface area contributed by atoms with Crippen LogP contribution in [0.3, 0.4) is 0 Å². The van der Waals surface area contributed by atoms with Gasteiger partial charge in [0, 0.05) is 24.1 Å². The smallest absolute Gasteiger partial charge is 0.378 e. The molecule has 2 rings (SSSR count). The molecule has 1 aromatic heterocycles. The van der Waals surface area contributed by atoms with Crippen LogP contribution in [0.5, 0.6) is 0 Å². The fourth-order valence-electron chi connectivity index (χ4n) is 1.85. The lowest BCUT2D eigenvalue weighted by Crippen LogP contribution is -2.07. The number of hydrogen-bond donors (Lipinski definition) is 1. The van der Waals surface area contributed by atoms with E-state index in [0.717, 1.165) is 23.5 Å². The molecule has 8 heteroatoms. The second-order valence-electron chi connectivity index (χ2n) is 4.21. The number of nitrogens with zero attached hydrogens (tertiary/aromatic N) is 1. The normalized spacial score (nSPS) is 11.9. The molecule has 0 spiro atoms. The minimum absolute atomic E-state index is 0.148. The van der Waals surface area contributed by atoms with Crippen LogP contribution in [-0.2, 0) is 24.1 Å². The van der Waals surface area contributed by atoms with Crippen LogP contribution < -0.4 is 5.73 Å². The van der Waals surface area contributed by atoms with E-state index in [0.29, 0.717) is 16.6 Å². The molecule has 2 N–H and O–H groups in total. The SMILES string of the molecule is COCc1nc(-c2ccc(F)cc2C(F)(F)F)sc1CN. The second-order valence-corrected chi connectivity index (χ2v) is 5.30. The van der Waals surface area contributed by atoms with Crippen molar-refractivity contribution in [3.05, 3.63) is 40.2 Å². The molecule has 2 aromatic rings. The van der Waals surface area contributed by atoms with Gasteiger partial charge in [0.1, 0.15) is 10.8 Å². The summed E-state index contributed by atoms with van der Waals surface area (Å²) in [6, 6.07) is 2.52.